The summed E-state index contributed by atoms with van der Waals surface area (Å²) in [5.41, 5.74) is -0.245. The number of carbonyl (C=O) groups is 1. The first-order valence-corrected chi connectivity index (χ1v) is 4.40. The van der Waals surface area contributed by atoms with Gasteiger partial charge in [-0.2, -0.15) is 0 Å². The minimum absolute atomic E-state index is 0.207. The van der Waals surface area contributed by atoms with E-state index in [9.17, 15) is 13.6 Å². The van der Waals surface area contributed by atoms with Crippen LogP contribution in [0.5, 0.6) is 0 Å². The van der Waals surface area contributed by atoms with E-state index in [0.717, 1.165) is 11.8 Å². The Morgan fingerprint density at radius 2 is 2.00 bits per heavy atom. The lowest BCUT2D eigenvalue weighted by Crippen LogP contribution is -1.94. The summed E-state index contributed by atoms with van der Waals surface area (Å²) in [5.74, 6) is -2.02. The second kappa shape index (κ2) is 3.67. The highest BCUT2D eigenvalue weighted by Gasteiger charge is 2.11. The molecule has 0 bridgehead atoms. The number of halogens is 2. The molecule has 12 heavy (non-hydrogen) atoms. The van der Waals surface area contributed by atoms with Gasteiger partial charge in [0.05, 0.1) is 5.56 Å². The highest BCUT2D eigenvalue weighted by molar-refractivity contribution is 7.98. The van der Waals surface area contributed by atoms with Crippen molar-refractivity contribution in [1.29, 1.82) is 0 Å². The average Bonchev–Trinajstić information content (AvgIpc) is 2.10. The van der Waals surface area contributed by atoms with Crippen molar-refractivity contribution < 1.29 is 13.6 Å². The maximum Gasteiger partial charge on any atom is 0.173 e. The molecule has 64 valence electrons. The first-order valence-electron chi connectivity index (χ1n) is 3.18. The van der Waals surface area contributed by atoms with Crippen molar-refractivity contribution in [2.24, 2.45) is 0 Å². The van der Waals surface area contributed by atoms with Gasteiger partial charge in [0.2, 0.25) is 0 Å². The Morgan fingerprint density at radius 1 is 1.33 bits per heavy atom. The van der Waals surface area contributed by atoms with E-state index in [0.29, 0.717) is 6.29 Å². The summed E-state index contributed by atoms with van der Waals surface area (Å²) < 4.78 is 25.7. The molecule has 1 nitrogen and oxygen atoms in total. The summed E-state index contributed by atoms with van der Waals surface area (Å²) in [6.45, 7) is 0. The average molecular weight is 188 g/mol. The van der Waals surface area contributed by atoms with Gasteiger partial charge in [0, 0.05) is 4.90 Å². The van der Waals surface area contributed by atoms with Crippen LogP contribution in [-0.4, -0.2) is 12.5 Å². The number of carbonyl (C=O) groups excluding carboxylic acids is 1. The van der Waals surface area contributed by atoms with Crippen LogP contribution in [0, 0.1) is 11.6 Å². The van der Waals surface area contributed by atoms with Crippen LogP contribution in [-0.2, 0) is 0 Å². The molecule has 0 unspecified atom stereocenters. The predicted molar refractivity (Wildman–Crippen MR) is 43.5 cm³/mol. The molecular formula is C8H6F2OS. The lowest BCUT2D eigenvalue weighted by atomic mass is 10.2. The van der Waals surface area contributed by atoms with Gasteiger partial charge in [0.25, 0.3) is 0 Å². The van der Waals surface area contributed by atoms with Crippen LogP contribution in [0.1, 0.15) is 10.4 Å². The maximum absolute atomic E-state index is 12.9. The third-order valence-corrected chi connectivity index (χ3v) is 2.18. The van der Waals surface area contributed by atoms with Crippen molar-refractivity contribution in [3.8, 4) is 0 Å². The minimum atomic E-state index is -1.07. The quantitative estimate of drug-likeness (QED) is 0.524. The van der Waals surface area contributed by atoms with Crippen LogP contribution in [0.3, 0.4) is 0 Å². The number of thioether (sulfide) groups is 1. The van der Waals surface area contributed by atoms with Crippen LogP contribution < -0.4 is 0 Å². The topological polar surface area (TPSA) is 17.1 Å². The molecule has 0 aliphatic rings. The van der Waals surface area contributed by atoms with Crippen molar-refractivity contribution in [2.45, 2.75) is 4.90 Å². The van der Waals surface area contributed by atoms with E-state index in [1.807, 2.05) is 0 Å². The van der Waals surface area contributed by atoms with Crippen molar-refractivity contribution in [3.05, 3.63) is 29.3 Å². The predicted octanol–water partition coefficient (Wildman–Crippen LogP) is 2.50. The smallest absolute Gasteiger partial charge is 0.173 e. The summed E-state index contributed by atoms with van der Waals surface area (Å²) >= 11 is 1.10. The highest BCUT2D eigenvalue weighted by atomic mass is 32.2. The normalized spacial score (nSPS) is 9.92. The second-order valence-electron chi connectivity index (χ2n) is 2.10. The zero-order chi connectivity index (χ0) is 9.14. The largest absolute Gasteiger partial charge is 0.298 e. The van der Waals surface area contributed by atoms with Gasteiger partial charge in [-0.25, -0.2) is 8.78 Å². The molecule has 1 rings (SSSR count). The van der Waals surface area contributed by atoms with Gasteiger partial charge in [-0.1, -0.05) is 0 Å². The van der Waals surface area contributed by atoms with Gasteiger partial charge in [0.15, 0.2) is 17.9 Å². The van der Waals surface area contributed by atoms with Gasteiger partial charge in [-0.15, -0.1) is 11.8 Å². The summed E-state index contributed by atoms with van der Waals surface area (Å²) in [5, 5.41) is 0. The Bertz CT molecular complexity index is 312. The van der Waals surface area contributed by atoms with Crippen LogP contribution >= 0.6 is 11.8 Å². The molecule has 0 radical (unpaired) electrons. The van der Waals surface area contributed by atoms with Gasteiger partial charge in [0.1, 0.15) is 0 Å². The van der Waals surface area contributed by atoms with E-state index in [2.05, 4.69) is 0 Å². The standard InChI is InChI=1S/C8H6F2OS/c1-12-6-3-2-5(4-11)7(9)8(6)10/h2-4H,1H3. The molecule has 0 heterocycles. The third kappa shape index (κ3) is 1.48. The zero-order valence-corrected chi connectivity index (χ0v) is 7.12. The Labute approximate surface area is 72.8 Å². The molecule has 1 aromatic rings. The summed E-state index contributed by atoms with van der Waals surface area (Å²) in [6.07, 6.45) is 1.93. The lowest BCUT2D eigenvalue weighted by Gasteiger charge is -2.00. The molecule has 0 saturated heterocycles. The molecule has 0 spiro atoms. The van der Waals surface area contributed by atoms with Crippen molar-refractivity contribution in [1.82, 2.24) is 0 Å². The molecule has 0 amide bonds. The van der Waals surface area contributed by atoms with Crippen LogP contribution in [0.2, 0.25) is 0 Å². The molecule has 4 heteroatoms. The molecule has 0 fully saturated rings. The fourth-order valence-corrected chi connectivity index (χ4v) is 1.27. The fourth-order valence-electron chi connectivity index (χ4n) is 0.795. The van der Waals surface area contributed by atoms with Gasteiger partial charge in [-0.3, -0.25) is 4.79 Å². The number of rotatable bonds is 2. The number of hydrogen-bond acceptors (Lipinski definition) is 2. The van der Waals surface area contributed by atoms with Gasteiger partial charge < -0.3 is 0 Å². The summed E-state index contributed by atoms with van der Waals surface area (Å²) in [4.78, 5) is 10.4. The molecular weight excluding hydrogens is 182 g/mol. The zero-order valence-electron chi connectivity index (χ0n) is 6.30. The van der Waals surface area contributed by atoms with Crippen molar-refractivity contribution in [3.63, 3.8) is 0 Å². The fraction of sp³-hybridized carbons (Fsp3) is 0.125. The molecule has 0 atom stereocenters. The summed E-state index contributed by atoms with van der Waals surface area (Å²) in [6, 6.07) is 2.64. The first kappa shape index (κ1) is 9.19. The molecule has 0 aliphatic carbocycles. The van der Waals surface area contributed by atoms with Gasteiger partial charge in [-0.05, 0) is 18.4 Å². The SMILES string of the molecule is CSc1ccc(C=O)c(F)c1F. The molecule has 0 aliphatic heterocycles. The molecule has 0 saturated carbocycles. The summed E-state index contributed by atoms with van der Waals surface area (Å²) in [7, 11) is 0. The maximum atomic E-state index is 12.9. The Kier molecular flexibility index (Phi) is 2.81. The molecule has 0 N–H and O–H groups in total. The monoisotopic (exact) mass is 188 g/mol. The van der Waals surface area contributed by atoms with Crippen molar-refractivity contribution in [2.75, 3.05) is 6.26 Å². The van der Waals surface area contributed by atoms with Crippen molar-refractivity contribution >= 4 is 18.0 Å². The van der Waals surface area contributed by atoms with E-state index in [4.69, 9.17) is 0 Å². The van der Waals surface area contributed by atoms with Crippen LogP contribution in [0.15, 0.2) is 17.0 Å². The number of benzene rings is 1. The number of aldehydes is 1. The Balaban J connectivity index is 3.29. The van der Waals surface area contributed by atoms with Crippen LogP contribution in [0.4, 0.5) is 8.78 Å². The van der Waals surface area contributed by atoms with Crippen LogP contribution in [0.25, 0.3) is 0 Å². The highest BCUT2D eigenvalue weighted by Crippen LogP contribution is 2.22. The van der Waals surface area contributed by atoms with E-state index < -0.39 is 11.6 Å². The van der Waals surface area contributed by atoms with E-state index in [-0.39, 0.29) is 10.5 Å². The molecule has 0 aromatic heterocycles. The van der Waals surface area contributed by atoms with E-state index in [1.165, 1.54) is 12.1 Å². The van der Waals surface area contributed by atoms with E-state index in [1.54, 1.807) is 6.26 Å². The molecule has 1 aromatic carbocycles. The van der Waals surface area contributed by atoms with E-state index >= 15 is 0 Å². The third-order valence-electron chi connectivity index (χ3n) is 1.42. The Hall–Kier alpha value is -0.900. The second-order valence-corrected chi connectivity index (χ2v) is 2.95. The number of hydrogen-bond donors (Lipinski definition) is 0. The first-order chi connectivity index (χ1) is 5.70. The lowest BCUT2D eigenvalue weighted by molar-refractivity contribution is 0.111. The Morgan fingerprint density at radius 3 is 2.50 bits per heavy atom. The van der Waals surface area contributed by atoms with Gasteiger partial charge >= 0.3 is 0 Å². The minimum Gasteiger partial charge on any atom is -0.298 e.